The smallest absolute Gasteiger partial charge is 0.0212 e. The van der Waals surface area contributed by atoms with Gasteiger partial charge in [-0.05, 0) is 44.2 Å². The molecule has 0 amide bonds. The third-order valence-corrected chi connectivity index (χ3v) is 4.44. The summed E-state index contributed by atoms with van der Waals surface area (Å²) in [4.78, 5) is 0. The number of fused-ring (bicyclic) bond motifs is 3. The predicted octanol–water partition coefficient (Wildman–Crippen LogP) is 5.86. The maximum atomic E-state index is 2.35. The van der Waals surface area contributed by atoms with Crippen molar-refractivity contribution in [3.63, 3.8) is 0 Å². The molecule has 0 spiro atoms. The Bertz CT molecular complexity index is 635. The van der Waals surface area contributed by atoms with E-state index in [4.69, 9.17) is 0 Å². The summed E-state index contributed by atoms with van der Waals surface area (Å²) in [5.74, 6) is 0. The summed E-state index contributed by atoms with van der Waals surface area (Å²) >= 11 is 0. The van der Waals surface area contributed by atoms with Gasteiger partial charge in [0.15, 0.2) is 0 Å². The van der Waals surface area contributed by atoms with Gasteiger partial charge in [0.05, 0.1) is 0 Å². The standard InChI is InChI=1S/C21H25.Ti/c1-20(2,3)16-7-9-18-14(12-16)11-15-13-17(21(4,5)6)8-10-19(15)18;/h7-13H,1-6H3;. The largest absolute Gasteiger partial charge is 0.0579 e. The zero-order valence-electron chi connectivity index (χ0n) is 14.5. The molecule has 0 aromatic heterocycles. The van der Waals surface area contributed by atoms with E-state index in [1.54, 1.807) is 0 Å². The molecule has 1 aliphatic rings. The van der Waals surface area contributed by atoms with Gasteiger partial charge in [0.25, 0.3) is 0 Å². The van der Waals surface area contributed by atoms with Crippen molar-refractivity contribution in [3.05, 3.63) is 65.1 Å². The summed E-state index contributed by atoms with van der Waals surface area (Å²) in [7, 11) is 0. The molecular formula is C21H25Ti. The zero-order chi connectivity index (χ0) is 15.4. The Morgan fingerprint density at radius 3 is 1.27 bits per heavy atom. The minimum atomic E-state index is 0. The maximum absolute atomic E-state index is 2.35. The van der Waals surface area contributed by atoms with Crippen LogP contribution in [0.25, 0.3) is 11.1 Å². The van der Waals surface area contributed by atoms with Crippen molar-refractivity contribution in [2.24, 2.45) is 0 Å². The van der Waals surface area contributed by atoms with Crippen LogP contribution in [0.3, 0.4) is 0 Å². The van der Waals surface area contributed by atoms with Crippen LogP contribution < -0.4 is 0 Å². The van der Waals surface area contributed by atoms with Gasteiger partial charge < -0.3 is 0 Å². The van der Waals surface area contributed by atoms with Gasteiger partial charge in [-0.3, -0.25) is 0 Å². The van der Waals surface area contributed by atoms with Crippen LogP contribution in [-0.2, 0) is 32.5 Å². The maximum Gasteiger partial charge on any atom is 0.0212 e. The summed E-state index contributed by atoms with van der Waals surface area (Å²) in [6.07, 6.45) is 2.34. The van der Waals surface area contributed by atoms with E-state index in [0.29, 0.717) is 0 Å². The molecule has 1 radical (unpaired) electrons. The second kappa shape index (κ2) is 5.66. The van der Waals surface area contributed by atoms with E-state index in [1.807, 2.05) is 0 Å². The van der Waals surface area contributed by atoms with E-state index in [0.717, 1.165) is 0 Å². The predicted molar refractivity (Wildman–Crippen MR) is 91.8 cm³/mol. The van der Waals surface area contributed by atoms with Crippen LogP contribution in [0.5, 0.6) is 0 Å². The third kappa shape index (κ3) is 3.10. The number of rotatable bonds is 0. The van der Waals surface area contributed by atoms with Gasteiger partial charge in [-0.1, -0.05) is 77.9 Å². The summed E-state index contributed by atoms with van der Waals surface area (Å²) in [6, 6.07) is 13.8. The average Bonchev–Trinajstić information content (AvgIpc) is 2.73. The van der Waals surface area contributed by atoms with Crippen LogP contribution >= 0.6 is 0 Å². The normalized spacial score (nSPS) is 13.4. The molecule has 113 valence electrons. The van der Waals surface area contributed by atoms with E-state index in [9.17, 15) is 0 Å². The van der Waals surface area contributed by atoms with Crippen LogP contribution in [0.2, 0.25) is 0 Å². The molecule has 2 aromatic carbocycles. The van der Waals surface area contributed by atoms with Gasteiger partial charge in [0.1, 0.15) is 0 Å². The van der Waals surface area contributed by atoms with Crippen LogP contribution in [0.4, 0.5) is 0 Å². The Morgan fingerprint density at radius 1 is 0.591 bits per heavy atom. The minimum absolute atomic E-state index is 0. The molecule has 0 saturated carbocycles. The molecule has 1 aliphatic carbocycles. The Morgan fingerprint density at radius 2 is 0.955 bits per heavy atom. The molecule has 0 nitrogen and oxygen atoms in total. The molecule has 0 unspecified atom stereocenters. The molecular weight excluding hydrogens is 300 g/mol. The Balaban J connectivity index is 0.00000176. The second-order valence-electron chi connectivity index (χ2n) is 8.25. The van der Waals surface area contributed by atoms with Crippen LogP contribution in [-0.4, -0.2) is 0 Å². The molecule has 0 atom stereocenters. The Hall–Kier alpha value is -0.846. The van der Waals surface area contributed by atoms with Crippen molar-refractivity contribution >= 4 is 0 Å². The first-order valence-electron chi connectivity index (χ1n) is 7.80. The summed E-state index contributed by atoms with van der Waals surface area (Å²) in [5.41, 5.74) is 8.69. The van der Waals surface area contributed by atoms with Crippen molar-refractivity contribution in [1.82, 2.24) is 0 Å². The first kappa shape index (κ1) is 17.5. The van der Waals surface area contributed by atoms with Crippen LogP contribution in [0, 0.1) is 6.42 Å². The third-order valence-electron chi connectivity index (χ3n) is 4.44. The Labute approximate surface area is 150 Å². The molecule has 0 aliphatic heterocycles. The van der Waals surface area contributed by atoms with Crippen molar-refractivity contribution in [2.45, 2.75) is 52.4 Å². The first-order chi connectivity index (χ1) is 9.66. The summed E-state index contributed by atoms with van der Waals surface area (Å²) < 4.78 is 0. The quantitative estimate of drug-likeness (QED) is 0.454. The topological polar surface area (TPSA) is 0 Å². The van der Waals surface area contributed by atoms with E-state index < -0.39 is 0 Å². The van der Waals surface area contributed by atoms with Crippen LogP contribution in [0.15, 0.2) is 36.4 Å². The second-order valence-corrected chi connectivity index (χ2v) is 8.25. The van der Waals surface area contributed by atoms with Crippen molar-refractivity contribution in [3.8, 4) is 11.1 Å². The number of hydrogen-bond acceptors (Lipinski definition) is 0. The average molecular weight is 325 g/mol. The van der Waals surface area contributed by atoms with Crippen molar-refractivity contribution in [1.29, 1.82) is 0 Å². The SMILES string of the molecule is CC(C)(C)c1ccc2c(c1)[CH]c1cc(C(C)(C)C)ccc1-2.[Ti]. The molecule has 0 saturated heterocycles. The van der Waals surface area contributed by atoms with Gasteiger partial charge in [0.2, 0.25) is 0 Å². The molecule has 0 heterocycles. The molecule has 0 bridgehead atoms. The monoisotopic (exact) mass is 325 g/mol. The van der Waals surface area contributed by atoms with E-state index in [2.05, 4.69) is 84.4 Å². The molecule has 22 heavy (non-hydrogen) atoms. The van der Waals surface area contributed by atoms with Crippen molar-refractivity contribution < 1.29 is 21.7 Å². The van der Waals surface area contributed by atoms with Gasteiger partial charge in [0, 0.05) is 28.1 Å². The zero-order valence-corrected chi connectivity index (χ0v) is 16.1. The van der Waals surface area contributed by atoms with Gasteiger partial charge >= 0.3 is 0 Å². The van der Waals surface area contributed by atoms with Crippen LogP contribution in [0.1, 0.15) is 63.8 Å². The van der Waals surface area contributed by atoms with Crippen molar-refractivity contribution in [2.75, 3.05) is 0 Å². The molecule has 3 rings (SSSR count). The molecule has 0 fully saturated rings. The minimum Gasteiger partial charge on any atom is -0.0579 e. The number of benzene rings is 2. The number of hydrogen-bond donors (Lipinski definition) is 0. The fourth-order valence-corrected chi connectivity index (χ4v) is 2.96. The van der Waals surface area contributed by atoms with E-state index in [-0.39, 0.29) is 32.5 Å². The van der Waals surface area contributed by atoms with Gasteiger partial charge in [-0.2, -0.15) is 0 Å². The molecule has 2 aromatic rings. The fraction of sp³-hybridized carbons (Fsp3) is 0.381. The summed E-state index contributed by atoms with van der Waals surface area (Å²) in [6.45, 7) is 13.6. The van der Waals surface area contributed by atoms with Gasteiger partial charge in [-0.15, -0.1) is 0 Å². The molecule has 1 heteroatoms. The van der Waals surface area contributed by atoms with E-state index >= 15 is 0 Å². The molecule has 0 N–H and O–H groups in total. The summed E-state index contributed by atoms with van der Waals surface area (Å²) in [5, 5.41) is 0. The van der Waals surface area contributed by atoms with Gasteiger partial charge in [-0.25, -0.2) is 0 Å². The first-order valence-corrected chi connectivity index (χ1v) is 7.80. The fourth-order valence-electron chi connectivity index (χ4n) is 2.96. The van der Waals surface area contributed by atoms with E-state index in [1.165, 1.54) is 33.4 Å². The Kier molecular flexibility index (Phi) is 4.50.